The van der Waals surface area contributed by atoms with Crippen LogP contribution in [0.5, 0.6) is 0 Å². The molecule has 0 atom stereocenters. The van der Waals surface area contributed by atoms with Crippen LogP contribution in [-0.2, 0) is 16.6 Å². The van der Waals surface area contributed by atoms with Crippen LogP contribution in [-0.4, -0.2) is 27.9 Å². The number of sulfonamides is 1. The summed E-state index contributed by atoms with van der Waals surface area (Å²) in [5.41, 5.74) is 0. The molecule has 0 aliphatic rings. The van der Waals surface area contributed by atoms with E-state index in [1.54, 1.807) is 0 Å². The summed E-state index contributed by atoms with van der Waals surface area (Å²) in [6.07, 6.45) is -1.70. The molecule has 8 heteroatoms. The van der Waals surface area contributed by atoms with Crippen LogP contribution in [0.15, 0.2) is 16.3 Å². The summed E-state index contributed by atoms with van der Waals surface area (Å²) in [4.78, 5) is 0.905. The van der Waals surface area contributed by atoms with Crippen LogP contribution >= 0.6 is 11.3 Å². The van der Waals surface area contributed by atoms with E-state index in [0.717, 1.165) is 17.8 Å². The van der Waals surface area contributed by atoms with Gasteiger partial charge in [-0.2, -0.15) is 0 Å². The highest BCUT2D eigenvalue weighted by Gasteiger charge is 2.17. The summed E-state index contributed by atoms with van der Waals surface area (Å²) in [6.45, 7) is 2.61. The molecule has 0 radical (unpaired) electrons. The van der Waals surface area contributed by atoms with Gasteiger partial charge in [0.1, 0.15) is 0 Å². The number of thiophene rings is 1. The molecule has 1 rings (SSSR count). The first kappa shape index (κ1) is 15.5. The molecule has 1 aromatic heterocycles. The van der Waals surface area contributed by atoms with Crippen LogP contribution in [0.25, 0.3) is 0 Å². The fraction of sp³-hybridized carbons (Fsp3) is 0.600. The zero-order chi connectivity index (χ0) is 13.6. The van der Waals surface area contributed by atoms with Crippen molar-refractivity contribution in [1.82, 2.24) is 10.0 Å². The van der Waals surface area contributed by atoms with Crippen LogP contribution in [0.3, 0.4) is 0 Å². The predicted octanol–water partition coefficient (Wildman–Crippen LogP) is 1.79. The van der Waals surface area contributed by atoms with Crippen molar-refractivity contribution >= 4 is 21.4 Å². The quantitative estimate of drug-likeness (QED) is 0.719. The minimum Gasteiger partial charge on any atom is -0.312 e. The molecule has 0 bridgehead atoms. The molecule has 0 aromatic carbocycles. The van der Waals surface area contributed by atoms with Gasteiger partial charge in [-0.05, 0) is 19.0 Å². The van der Waals surface area contributed by atoms with E-state index in [-0.39, 0.29) is 4.90 Å². The average molecular weight is 298 g/mol. The number of hydrogen-bond acceptors (Lipinski definition) is 4. The van der Waals surface area contributed by atoms with E-state index in [2.05, 4.69) is 5.32 Å². The zero-order valence-corrected chi connectivity index (χ0v) is 11.6. The van der Waals surface area contributed by atoms with E-state index in [1.807, 2.05) is 11.6 Å². The van der Waals surface area contributed by atoms with Crippen LogP contribution < -0.4 is 10.0 Å². The van der Waals surface area contributed by atoms with Crippen molar-refractivity contribution in [3.05, 3.63) is 16.3 Å². The van der Waals surface area contributed by atoms with E-state index < -0.39 is 23.0 Å². The molecule has 0 amide bonds. The highest BCUT2D eigenvalue weighted by Crippen LogP contribution is 2.19. The molecule has 0 fully saturated rings. The Labute approximate surface area is 109 Å². The van der Waals surface area contributed by atoms with Crippen molar-refractivity contribution < 1.29 is 17.2 Å². The van der Waals surface area contributed by atoms with Gasteiger partial charge in [-0.1, -0.05) is 6.92 Å². The third kappa shape index (κ3) is 4.97. The fourth-order valence-electron chi connectivity index (χ4n) is 1.24. The minimum absolute atomic E-state index is 0.0430. The molecule has 0 aliphatic heterocycles. The molecule has 104 valence electrons. The van der Waals surface area contributed by atoms with Crippen molar-refractivity contribution in [1.29, 1.82) is 0 Å². The summed E-state index contributed by atoms with van der Waals surface area (Å²) < 4.78 is 49.0. The van der Waals surface area contributed by atoms with Crippen LogP contribution in [0, 0.1) is 0 Å². The second kappa shape index (κ2) is 7.13. The number of rotatable bonds is 8. The first-order valence-electron chi connectivity index (χ1n) is 5.51. The molecule has 2 N–H and O–H groups in total. The van der Waals surface area contributed by atoms with Crippen LogP contribution in [0.4, 0.5) is 8.78 Å². The molecule has 0 unspecified atom stereocenters. The van der Waals surface area contributed by atoms with Crippen molar-refractivity contribution in [2.24, 2.45) is 0 Å². The maximum atomic E-state index is 12.0. The lowest BCUT2D eigenvalue weighted by molar-refractivity contribution is 0.153. The lowest BCUT2D eigenvalue weighted by Gasteiger charge is -2.03. The van der Waals surface area contributed by atoms with Crippen LogP contribution in [0.1, 0.15) is 18.2 Å². The Kier molecular flexibility index (Phi) is 6.13. The third-order valence-electron chi connectivity index (χ3n) is 2.09. The second-order valence-corrected chi connectivity index (χ2v) is 6.43. The van der Waals surface area contributed by atoms with Gasteiger partial charge in [0.05, 0.1) is 11.4 Å². The van der Waals surface area contributed by atoms with E-state index in [9.17, 15) is 17.2 Å². The normalized spacial score (nSPS) is 12.2. The molecular formula is C10H16F2N2O2S2. The second-order valence-electron chi connectivity index (χ2n) is 3.67. The van der Waals surface area contributed by atoms with Gasteiger partial charge >= 0.3 is 0 Å². The number of alkyl halides is 2. The molecule has 0 saturated carbocycles. The topological polar surface area (TPSA) is 58.2 Å². The lowest BCUT2D eigenvalue weighted by atomic mass is 10.4. The highest BCUT2D eigenvalue weighted by molar-refractivity contribution is 7.89. The van der Waals surface area contributed by atoms with Gasteiger partial charge in [0.2, 0.25) is 10.0 Å². The minimum atomic E-state index is -3.81. The molecule has 4 nitrogen and oxygen atoms in total. The molecule has 1 heterocycles. The average Bonchev–Trinajstić information content (AvgIpc) is 2.76. The molecular weight excluding hydrogens is 282 g/mol. The van der Waals surface area contributed by atoms with E-state index in [4.69, 9.17) is 0 Å². The number of hydrogen-bond donors (Lipinski definition) is 2. The summed E-state index contributed by atoms with van der Waals surface area (Å²) in [6, 6.07) is 1.50. The fourth-order valence-corrected chi connectivity index (χ4v) is 3.49. The molecule has 0 aliphatic carbocycles. The van der Waals surface area contributed by atoms with Crippen LogP contribution in [0.2, 0.25) is 0 Å². The Morgan fingerprint density at radius 3 is 2.78 bits per heavy atom. The Balaban J connectivity index is 2.60. The summed E-state index contributed by atoms with van der Waals surface area (Å²) in [5.74, 6) is 0. The smallest absolute Gasteiger partial charge is 0.251 e. The largest absolute Gasteiger partial charge is 0.312 e. The molecule has 18 heavy (non-hydrogen) atoms. The summed E-state index contributed by atoms with van der Waals surface area (Å²) in [7, 11) is -3.81. The van der Waals surface area contributed by atoms with Gasteiger partial charge in [0, 0.05) is 16.8 Å². The number of nitrogens with one attached hydrogen (secondary N) is 2. The van der Waals surface area contributed by atoms with Crippen molar-refractivity contribution in [2.75, 3.05) is 13.1 Å². The van der Waals surface area contributed by atoms with Gasteiger partial charge in [-0.3, -0.25) is 0 Å². The molecule has 0 saturated heterocycles. The first-order chi connectivity index (χ1) is 8.45. The Morgan fingerprint density at radius 2 is 2.17 bits per heavy atom. The summed E-state index contributed by atoms with van der Waals surface area (Å²) in [5, 5.41) is 4.60. The van der Waals surface area contributed by atoms with Crippen molar-refractivity contribution in [3.63, 3.8) is 0 Å². The maximum absolute atomic E-state index is 12.0. The highest BCUT2D eigenvalue weighted by atomic mass is 32.2. The lowest BCUT2D eigenvalue weighted by Crippen LogP contribution is -2.28. The zero-order valence-electron chi connectivity index (χ0n) is 9.95. The Hall–Kier alpha value is -0.570. The Morgan fingerprint density at radius 1 is 1.44 bits per heavy atom. The van der Waals surface area contributed by atoms with Gasteiger partial charge in [-0.15, -0.1) is 11.3 Å². The van der Waals surface area contributed by atoms with Crippen molar-refractivity contribution in [3.8, 4) is 0 Å². The van der Waals surface area contributed by atoms with E-state index >= 15 is 0 Å². The monoisotopic (exact) mass is 298 g/mol. The van der Waals surface area contributed by atoms with Gasteiger partial charge in [0.25, 0.3) is 6.43 Å². The standard InChI is InChI=1S/C10H16F2N2O2S2/c1-2-3-13-5-8-4-9(7-17-8)18(15,16)14-6-10(11)12/h4,7,10,13-14H,2-3,5-6H2,1H3. The van der Waals surface area contributed by atoms with Gasteiger partial charge in [-0.25, -0.2) is 21.9 Å². The van der Waals surface area contributed by atoms with Gasteiger partial charge < -0.3 is 5.32 Å². The maximum Gasteiger partial charge on any atom is 0.251 e. The number of halogens is 2. The molecule has 1 aromatic rings. The summed E-state index contributed by atoms with van der Waals surface area (Å²) >= 11 is 1.29. The third-order valence-corrected chi connectivity index (χ3v) is 4.58. The van der Waals surface area contributed by atoms with E-state index in [1.165, 1.54) is 22.8 Å². The van der Waals surface area contributed by atoms with Gasteiger partial charge in [0.15, 0.2) is 0 Å². The predicted molar refractivity (Wildman–Crippen MR) is 67.5 cm³/mol. The van der Waals surface area contributed by atoms with Crippen molar-refractivity contribution in [2.45, 2.75) is 31.2 Å². The van der Waals surface area contributed by atoms with E-state index in [0.29, 0.717) is 6.54 Å². The SMILES string of the molecule is CCCNCc1cc(S(=O)(=O)NCC(F)F)cs1. The first-order valence-corrected chi connectivity index (χ1v) is 7.88. The molecule has 0 spiro atoms. The Bertz CT molecular complexity index is 460.